The molecule has 1 N–H and O–H groups in total. The third kappa shape index (κ3) is 2.47. The number of nitro groups is 1. The van der Waals surface area contributed by atoms with E-state index in [1.807, 2.05) is 6.07 Å². The first kappa shape index (κ1) is 11.7. The van der Waals surface area contributed by atoms with Crippen LogP contribution >= 0.6 is 11.8 Å². The summed E-state index contributed by atoms with van der Waals surface area (Å²) in [7, 11) is 0. The summed E-state index contributed by atoms with van der Waals surface area (Å²) in [4.78, 5) is 14.3. The van der Waals surface area contributed by atoms with Gasteiger partial charge in [-0.05, 0) is 18.2 Å². The Hall–Kier alpha value is -1.81. The van der Waals surface area contributed by atoms with E-state index in [4.69, 9.17) is 5.26 Å². The lowest BCUT2D eigenvalue weighted by atomic mass is 10.2. The molecule has 0 spiro atoms. The molecule has 2 heterocycles. The molecule has 17 heavy (non-hydrogen) atoms. The quantitative estimate of drug-likeness (QED) is 0.649. The molecule has 2 rings (SSSR count). The fourth-order valence-electron chi connectivity index (χ4n) is 1.68. The zero-order valence-electron chi connectivity index (χ0n) is 8.92. The summed E-state index contributed by atoms with van der Waals surface area (Å²) in [6.07, 6.45) is 2.37. The highest BCUT2D eigenvalue weighted by molar-refractivity contribution is 7.99. The minimum absolute atomic E-state index is 0.0400. The van der Waals surface area contributed by atoms with Gasteiger partial charge in [0.1, 0.15) is 11.6 Å². The molecule has 1 fully saturated rings. The maximum absolute atomic E-state index is 10.9. The highest BCUT2D eigenvalue weighted by Gasteiger charge is 2.24. The molecule has 1 aliphatic rings. The number of hydrogen-bond donors (Lipinski definition) is 1. The summed E-state index contributed by atoms with van der Waals surface area (Å²) in [5.74, 6) is 2.15. The summed E-state index contributed by atoms with van der Waals surface area (Å²) in [6.45, 7) is 0. The Morgan fingerprint density at radius 3 is 3.12 bits per heavy atom. The number of hydrogen-bond acceptors (Lipinski definition) is 6. The van der Waals surface area contributed by atoms with Crippen LogP contribution in [-0.2, 0) is 0 Å². The van der Waals surface area contributed by atoms with Crippen LogP contribution in [0.1, 0.15) is 12.0 Å². The van der Waals surface area contributed by atoms with E-state index in [-0.39, 0.29) is 23.1 Å². The molecule has 1 atom stereocenters. The van der Waals surface area contributed by atoms with Crippen LogP contribution in [0.15, 0.2) is 12.3 Å². The lowest BCUT2D eigenvalue weighted by molar-refractivity contribution is -0.384. The summed E-state index contributed by atoms with van der Waals surface area (Å²) >= 11 is 1.80. The minimum Gasteiger partial charge on any atom is -0.361 e. The molecule has 1 saturated heterocycles. The van der Waals surface area contributed by atoms with Crippen LogP contribution < -0.4 is 5.32 Å². The van der Waals surface area contributed by atoms with Crippen molar-refractivity contribution >= 4 is 23.3 Å². The lowest BCUT2D eigenvalue weighted by Crippen LogP contribution is -2.20. The van der Waals surface area contributed by atoms with Crippen LogP contribution in [0.3, 0.4) is 0 Å². The summed E-state index contributed by atoms with van der Waals surface area (Å²) in [6, 6.07) is 3.36. The number of anilines is 1. The number of thioether (sulfide) groups is 1. The van der Waals surface area contributed by atoms with Gasteiger partial charge in [-0.1, -0.05) is 0 Å². The monoisotopic (exact) mass is 250 g/mol. The number of rotatable bonds is 3. The molecular formula is C10H10N4O2S. The van der Waals surface area contributed by atoms with Crippen molar-refractivity contribution in [1.29, 1.82) is 5.26 Å². The third-order valence-electron chi connectivity index (χ3n) is 2.50. The highest BCUT2D eigenvalue weighted by Crippen LogP contribution is 2.28. The molecule has 0 radical (unpaired) electrons. The van der Waals surface area contributed by atoms with E-state index < -0.39 is 4.92 Å². The summed E-state index contributed by atoms with van der Waals surface area (Å²) in [5.41, 5.74) is -0.190. The smallest absolute Gasteiger partial charge is 0.328 e. The Balaban J connectivity index is 2.32. The number of nitrogens with zero attached hydrogens (tertiary/aromatic N) is 3. The second-order valence-corrected chi connectivity index (χ2v) is 4.78. The molecule has 0 saturated carbocycles. The first-order valence-corrected chi connectivity index (χ1v) is 6.25. The van der Waals surface area contributed by atoms with Gasteiger partial charge in [0.25, 0.3) is 0 Å². The molecule has 0 amide bonds. The van der Waals surface area contributed by atoms with Crippen molar-refractivity contribution in [2.45, 2.75) is 12.5 Å². The van der Waals surface area contributed by atoms with E-state index in [2.05, 4.69) is 10.3 Å². The highest BCUT2D eigenvalue weighted by atomic mass is 32.2. The summed E-state index contributed by atoms with van der Waals surface area (Å²) < 4.78 is 0. The zero-order valence-corrected chi connectivity index (χ0v) is 9.74. The normalized spacial score (nSPS) is 18.6. The maximum Gasteiger partial charge on any atom is 0.328 e. The van der Waals surface area contributed by atoms with Gasteiger partial charge in [0.05, 0.1) is 4.92 Å². The molecule has 1 aliphatic heterocycles. The van der Waals surface area contributed by atoms with Crippen molar-refractivity contribution < 1.29 is 4.92 Å². The maximum atomic E-state index is 10.9. The number of nitrogens with one attached hydrogen (secondary N) is 1. The van der Waals surface area contributed by atoms with Crippen molar-refractivity contribution in [2.75, 3.05) is 16.8 Å². The fourth-order valence-corrected chi connectivity index (χ4v) is 2.83. The second-order valence-electron chi connectivity index (χ2n) is 3.63. The Labute approximate surface area is 102 Å². The van der Waals surface area contributed by atoms with Gasteiger partial charge in [-0.25, -0.2) is 4.98 Å². The fraction of sp³-hybridized carbons (Fsp3) is 0.400. The molecule has 1 unspecified atom stereocenters. The van der Waals surface area contributed by atoms with Crippen molar-refractivity contribution in [3.63, 3.8) is 0 Å². The predicted octanol–water partition coefficient (Wildman–Crippen LogP) is 1.78. The Morgan fingerprint density at radius 2 is 2.53 bits per heavy atom. The van der Waals surface area contributed by atoms with Crippen LogP contribution in [0.25, 0.3) is 0 Å². The molecule has 88 valence electrons. The van der Waals surface area contributed by atoms with Gasteiger partial charge in [-0.15, -0.1) is 0 Å². The van der Waals surface area contributed by atoms with E-state index in [9.17, 15) is 10.1 Å². The molecule has 0 aliphatic carbocycles. The second kappa shape index (κ2) is 5.01. The zero-order chi connectivity index (χ0) is 12.3. The number of aromatic nitrogens is 1. The molecule has 6 nitrogen and oxygen atoms in total. The molecule has 1 aromatic heterocycles. The van der Waals surface area contributed by atoms with Crippen LogP contribution in [0.2, 0.25) is 0 Å². The van der Waals surface area contributed by atoms with Gasteiger partial charge >= 0.3 is 5.69 Å². The number of pyridine rings is 1. The van der Waals surface area contributed by atoms with Crippen LogP contribution in [-0.4, -0.2) is 27.5 Å². The van der Waals surface area contributed by atoms with Gasteiger partial charge < -0.3 is 5.32 Å². The average Bonchev–Trinajstić information content (AvgIpc) is 2.81. The molecule has 7 heteroatoms. The predicted molar refractivity (Wildman–Crippen MR) is 65.0 cm³/mol. The Bertz CT molecular complexity index is 480. The largest absolute Gasteiger partial charge is 0.361 e. The molecule has 0 aromatic carbocycles. The van der Waals surface area contributed by atoms with Crippen molar-refractivity contribution in [2.24, 2.45) is 0 Å². The average molecular weight is 250 g/mol. The van der Waals surface area contributed by atoms with E-state index in [0.29, 0.717) is 0 Å². The third-order valence-corrected chi connectivity index (χ3v) is 3.66. The first-order valence-electron chi connectivity index (χ1n) is 5.10. The van der Waals surface area contributed by atoms with E-state index in [1.165, 1.54) is 12.3 Å². The lowest BCUT2D eigenvalue weighted by Gasteiger charge is -2.11. The molecule has 1 aromatic rings. The van der Waals surface area contributed by atoms with Crippen molar-refractivity contribution in [3.05, 3.63) is 27.9 Å². The molecule has 0 bridgehead atoms. The molecular weight excluding hydrogens is 240 g/mol. The first-order chi connectivity index (χ1) is 8.22. The Kier molecular flexibility index (Phi) is 3.44. The van der Waals surface area contributed by atoms with Crippen LogP contribution in [0.4, 0.5) is 11.5 Å². The van der Waals surface area contributed by atoms with E-state index in [1.54, 1.807) is 11.8 Å². The van der Waals surface area contributed by atoms with E-state index in [0.717, 1.165) is 17.9 Å². The van der Waals surface area contributed by atoms with Gasteiger partial charge in [0.2, 0.25) is 5.82 Å². The standard InChI is InChI=1S/C10H10N4O2S/c11-5-7-1-3-12-10(9(7)14(15)16)13-8-2-4-17-6-8/h1,3,8H,2,4,6H2,(H,12,13). The van der Waals surface area contributed by atoms with Gasteiger partial charge in [-0.3, -0.25) is 10.1 Å². The number of nitriles is 1. The topological polar surface area (TPSA) is 91.8 Å². The van der Waals surface area contributed by atoms with Crippen molar-refractivity contribution in [3.8, 4) is 6.07 Å². The minimum atomic E-state index is -0.560. The van der Waals surface area contributed by atoms with Gasteiger partial charge in [0, 0.05) is 18.0 Å². The van der Waals surface area contributed by atoms with Gasteiger partial charge in [-0.2, -0.15) is 17.0 Å². The Morgan fingerprint density at radius 1 is 1.71 bits per heavy atom. The van der Waals surface area contributed by atoms with Crippen LogP contribution in [0, 0.1) is 21.4 Å². The van der Waals surface area contributed by atoms with Crippen LogP contribution in [0.5, 0.6) is 0 Å². The van der Waals surface area contributed by atoms with Crippen molar-refractivity contribution in [1.82, 2.24) is 4.98 Å². The van der Waals surface area contributed by atoms with E-state index >= 15 is 0 Å². The summed E-state index contributed by atoms with van der Waals surface area (Å²) in [5, 5.41) is 22.8. The van der Waals surface area contributed by atoms with Gasteiger partial charge in [0.15, 0.2) is 0 Å². The SMILES string of the molecule is N#Cc1ccnc(NC2CCSC2)c1[N+](=O)[O-].